The lowest BCUT2D eigenvalue weighted by Crippen LogP contribution is -2.56. The van der Waals surface area contributed by atoms with E-state index in [0.29, 0.717) is 0 Å². The van der Waals surface area contributed by atoms with Crippen LogP contribution in [0, 0.1) is 12.8 Å². The lowest BCUT2D eigenvalue weighted by atomic mass is 9.75. The van der Waals surface area contributed by atoms with Gasteiger partial charge in [0.15, 0.2) is 36.7 Å². The molecule has 8 rings (SSSR count). The number of Topliss-reactive ketones (excluding diaryl/α,β-unsaturated/α-hetero) is 2. The minimum atomic E-state index is -1.72. The Morgan fingerprint density at radius 2 is 1.04 bits per heavy atom. The molecule has 5 saturated heterocycles. The number of aliphatic hydroxyl groups is 8. The normalized spacial score (nSPS) is 42.3. The number of carbonyl (C=O) groups excluding carboxylic acids is 2. The number of fused-ring (bicyclic) bond motifs is 2. The first-order valence-electron chi connectivity index (χ1n) is 25.0. The summed E-state index contributed by atoms with van der Waals surface area (Å²) < 4.78 is 66.4. The van der Waals surface area contributed by atoms with Crippen LogP contribution in [-0.2, 0) is 58.6 Å². The number of methoxy groups -OCH3 is 1. The van der Waals surface area contributed by atoms with Crippen molar-refractivity contribution in [1.29, 1.82) is 0 Å². The van der Waals surface area contributed by atoms with Crippen LogP contribution in [0.1, 0.15) is 95.1 Å². The highest BCUT2D eigenvalue weighted by molar-refractivity contribution is 6.11. The first kappa shape index (κ1) is 55.9. The van der Waals surface area contributed by atoms with Gasteiger partial charge in [-0.1, -0.05) is 0 Å². The average molecular weight is 1040 g/mol. The van der Waals surface area contributed by atoms with E-state index in [0.717, 1.165) is 6.92 Å². The monoisotopic (exact) mass is 1040 g/mol. The summed E-state index contributed by atoms with van der Waals surface area (Å²) in [6, 6.07) is 3.11. The molecule has 2 aromatic rings. The van der Waals surface area contributed by atoms with Crippen LogP contribution >= 0.6 is 0 Å². The van der Waals surface area contributed by atoms with Gasteiger partial charge in [0, 0.05) is 50.7 Å². The molecule has 24 atom stereocenters. The van der Waals surface area contributed by atoms with Gasteiger partial charge in [-0.05, 0) is 78.0 Å². The number of aliphatic hydroxyl groups excluding tert-OH is 8. The zero-order valence-electron chi connectivity index (χ0n) is 42.0. The van der Waals surface area contributed by atoms with Crippen molar-refractivity contribution in [1.82, 2.24) is 0 Å². The highest BCUT2D eigenvalue weighted by Crippen LogP contribution is 2.47. The molecule has 0 amide bonds. The van der Waals surface area contributed by atoms with E-state index in [9.17, 15) is 60.7 Å². The SMILES string of the molecule is CO[C@@H]([C@@H]1Cc2cc3cc(O[C@H]4C[C@@H](O[C@H]5C[C@@H](O)[C@H](O)C(C)O5)[C@H](O)C(C)O4)c(C)c(O)c3c(O)c2C(=O)[C@H]1O[C@H]1CC(O[C@H]2C[C@@H](O[C@H]3C[C@@H](O)[C@H](O)C(C)O3)[C@@H](O)C(C)O2)[C@H](O)C(C)O1)[C@@H](O)C(C)=O. The predicted molar refractivity (Wildman–Crippen MR) is 248 cm³/mol. The molecule has 5 aliphatic heterocycles. The summed E-state index contributed by atoms with van der Waals surface area (Å²) in [7, 11) is 1.26. The molecule has 2 aromatic carbocycles. The van der Waals surface area contributed by atoms with Crippen LogP contribution in [0.4, 0.5) is 0 Å². The highest BCUT2D eigenvalue weighted by atomic mass is 16.7. The second-order valence-corrected chi connectivity index (χ2v) is 20.5. The van der Waals surface area contributed by atoms with Crippen LogP contribution in [0.25, 0.3) is 10.8 Å². The third kappa shape index (κ3) is 11.6. The average Bonchev–Trinajstić information content (AvgIpc) is 3.32. The van der Waals surface area contributed by atoms with Crippen molar-refractivity contribution >= 4 is 22.3 Å². The van der Waals surface area contributed by atoms with Crippen LogP contribution in [0.2, 0.25) is 0 Å². The summed E-state index contributed by atoms with van der Waals surface area (Å²) in [6.07, 6.45) is -25.1. The van der Waals surface area contributed by atoms with Gasteiger partial charge in [0.1, 0.15) is 60.0 Å². The van der Waals surface area contributed by atoms with E-state index in [1.54, 1.807) is 40.7 Å². The molecule has 6 unspecified atom stereocenters. The number of aromatic hydroxyl groups is 2. The standard InChI is InChI=1S/C50H72O23/c1-17-29(69-35-14-30(44(58)21(5)66-35)70-33-12-27(52)42(56)19(3)64-33)11-25-9-24-10-26(49(63-8)41(55)18(2)51)50(48(62)39(24)47(61)38(25)40(17)54)73-37-16-32(46(60)23(7)68-37)72-36-15-31(45(59)22(6)67-36)71-34-13-28(53)43(57)20(4)65-34/h9,11,19-23,26-28,30-37,41-46,49-50,52-61H,10,12-16H2,1-8H3/t19?,20?,21?,22?,23?,26-,27+,28+,30+,31+,32?,33-,34-,35-,36-,37-,41-,42+,43+,44+,45-,46+,49-,50-/m0/s1. The predicted octanol–water partition coefficient (Wildman–Crippen LogP) is -0.000280. The van der Waals surface area contributed by atoms with E-state index in [-0.39, 0.29) is 71.7 Å². The Morgan fingerprint density at radius 3 is 1.49 bits per heavy atom. The Kier molecular flexibility index (Phi) is 17.4. The maximum absolute atomic E-state index is 14.9. The summed E-state index contributed by atoms with van der Waals surface area (Å²) in [5.74, 6) is -3.41. The van der Waals surface area contributed by atoms with Crippen LogP contribution < -0.4 is 4.74 Å². The Morgan fingerprint density at radius 1 is 0.616 bits per heavy atom. The molecular weight excluding hydrogens is 969 g/mol. The van der Waals surface area contributed by atoms with Crippen molar-refractivity contribution in [2.75, 3.05) is 7.11 Å². The fourth-order valence-electron chi connectivity index (χ4n) is 10.9. The van der Waals surface area contributed by atoms with Crippen LogP contribution in [0.15, 0.2) is 12.1 Å². The number of hydrogen-bond donors (Lipinski definition) is 10. The van der Waals surface area contributed by atoms with Gasteiger partial charge in [0.2, 0.25) is 6.29 Å². The molecule has 1 aliphatic carbocycles. The summed E-state index contributed by atoms with van der Waals surface area (Å²) in [5, 5.41) is 109. The highest BCUT2D eigenvalue weighted by Gasteiger charge is 2.50. The number of hydrogen-bond acceptors (Lipinski definition) is 23. The zero-order chi connectivity index (χ0) is 53.1. The quantitative estimate of drug-likeness (QED) is 0.119. The number of ketones is 2. The van der Waals surface area contributed by atoms with Gasteiger partial charge in [0.05, 0.1) is 78.1 Å². The number of phenols is 2. The third-order valence-corrected chi connectivity index (χ3v) is 15.3. The molecule has 5 fully saturated rings. The third-order valence-electron chi connectivity index (χ3n) is 15.3. The van der Waals surface area contributed by atoms with Crippen molar-refractivity contribution in [3.63, 3.8) is 0 Å². The zero-order valence-corrected chi connectivity index (χ0v) is 42.0. The Labute approximate surface area is 421 Å². The fraction of sp³-hybridized carbons (Fsp3) is 0.760. The smallest absolute Gasteiger partial charge is 0.202 e. The topological polar surface area (TPSA) is 338 Å². The second-order valence-electron chi connectivity index (χ2n) is 20.5. The van der Waals surface area contributed by atoms with Gasteiger partial charge in [0.25, 0.3) is 0 Å². The van der Waals surface area contributed by atoms with Crippen molar-refractivity contribution in [3.8, 4) is 17.2 Å². The number of ether oxygens (including phenoxy) is 11. The van der Waals surface area contributed by atoms with E-state index in [2.05, 4.69) is 0 Å². The van der Waals surface area contributed by atoms with Crippen molar-refractivity contribution in [2.24, 2.45) is 5.92 Å². The van der Waals surface area contributed by atoms with Crippen LogP contribution in [-0.4, -0.2) is 211 Å². The van der Waals surface area contributed by atoms with Crippen molar-refractivity contribution < 1.29 is 113 Å². The summed E-state index contributed by atoms with van der Waals surface area (Å²) in [6.45, 7) is 10.7. The molecule has 410 valence electrons. The molecule has 0 radical (unpaired) electrons. The molecule has 23 heteroatoms. The molecule has 10 N–H and O–H groups in total. The lowest BCUT2D eigenvalue weighted by Gasteiger charge is -2.45. The summed E-state index contributed by atoms with van der Waals surface area (Å²) in [4.78, 5) is 27.6. The first-order valence-corrected chi connectivity index (χ1v) is 25.0. The van der Waals surface area contributed by atoms with Crippen molar-refractivity contribution in [2.45, 2.75) is 228 Å². The molecule has 0 saturated carbocycles. The minimum absolute atomic E-state index is 0.0158. The molecule has 23 nitrogen and oxygen atoms in total. The fourth-order valence-corrected chi connectivity index (χ4v) is 10.9. The molecule has 0 bridgehead atoms. The molecule has 5 heterocycles. The molecule has 73 heavy (non-hydrogen) atoms. The van der Waals surface area contributed by atoms with Crippen LogP contribution in [0.3, 0.4) is 0 Å². The van der Waals surface area contributed by atoms with E-state index in [4.69, 9.17) is 52.1 Å². The number of carbonyl (C=O) groups is 2. The summed E-state index contributed by atoms with van der Waals surface area (Å²) >= 11 is 0. The maximum atomic E-state index is 14.9. The largest absolute Gasteiger partial charge is 0.507 e. The van der Waals surface area contributed by atoms with Gasteiger partial charge in [-0.25, -0.2) is 0 Å². The molecule has 6 aliphatic rings. The lowest BCUT2D eigenvalue weighted by molar-refractivity contribution is -0.329. The molecule has 0 aromatic heterocycles. The maximum Gasteiger partial charge on any atom is 0.202 e. The van der Waals surface area contributed by atoms with E-state index < -0.39 is 170 Å². The van der Waals surface area contributed by atoms with E-state index in [1.807, 2.05) is 0 Å². The number of rotatable bonds is 14. The Balaban J connectivity index is 1.03. The van der Waals surface area contributed by atoms with Gasteiger partial charge >= 0.3 is 0 Å². The molecule has 0 spiro atoms. The first-order chi connectivity index (χ1) is 34.4. The Bertz CT molecular complexity index is 2240. The molecular formula is C50H72O23. The van der Waals surface area contributed by atoms with Gasteiger partial charge < -0.3 is 103 Å². The van der Waals surface area contributed by atoms with Crippen molar-refractivity contribution in [3.05, 3.63) is 28.8 Å². The number of phenolic OH excluding ortho intramolecular Hbond substituents is 2. The van der Waals surface area contributed by atoms with Gasteiger partial charge in [-0.2, -0.15) is 0 Å². The Hall–Kier alpha value is -3.28. The minimum Gasteiger partial charge on any atom is -0.507 e. The second kappa shape index (κ2) is 22.7. The van der Waals surface area contributed by atoms with Crippen LogP contribution in [0.5, 0.6) is 17.2 Å². The number of benzene rings is 2. The summed E-state index contributed by atoms with van der Waals surface area (Å²) in [5.41, 5.74) is 0.218. The van der Waals surface area contributed by atoms with E-state index >= 15 is 0 Å². The van der Waals surface area contributed by atoms with E-state index in [1.165, 1.54) is 20.1 Å². The van der Waals surface area contributed by atoms with Gasteiger partial charge in [-0.15, -0.1) is 0 Å². The van der Waals surface area contributed by atoms with Gasteiger partial charge in [-0.3, -0.25) is 9.59 Å².